The fourth-order valence-electron chi connectivity index (χ4n) is 2.41. The fraction of sp³-hybridized carbons (Fsp3) is 0.143. The Bertz CT molecular complexity index is 739. The van der Waals surface area contributed by atoms with E-state index in [1.807, 2.05) is 0 Å². The Labute approximate surface area is 125 Å². The summed E-state index contributed by atoms with van der Waals surface area (Å²) in [7, 11) is 1.41. The van der Waals surface area contributed by atoms with Gasteiger partial charge in [0.15, 0.2) is 0 Å². The number of carbonyl (C=O) groups is 1. The Hall–Kier alpha value is -3.00. The van der Waals surface area contributed by atoms with Crippen LogP contribution in [0.4, 0.5) is 0 Å². The van der Waals surface area contributed by atoms with Crippen molar-refractivity contribution in [3.05, 3.63) is 60.6 Å². The van der Waals surface area contributed by atoms with Crippen molar-refractivity contribution >= 4 is 11.5 Å². The summed E-state index contributed by atoms with van der Waals surface area (Å²) in [6, 6.07) is 1.69. The molecule has 0 fully saturated rings. The molecule has 0 amide bonds. The average molecular weight is 299 g/mol. The van der Waals surface area contributed by atoms with Gasteiger partial charge in [0, 0.05) is 49.2 Å². The van der Waals surface area contributed by atoms with Crippen molar-refractivity contribution in [2.45, 2.75) is 5.85 Å². The average Bonchev–Trinajstić information content (AvgIpc) is 3.09. The summed E-state index contributed by atoms with van der Waals surface area (Å²) in [4.78, 5) is 19.8. The molecule has 112 valence electrons. The number of aliphatic carboxylic acids is 1. The molecule has 8 heteroatoms. The van der Waals surface area contributed by atoms with E-state index in [4.69, 9.17) is 4.74 Å². The van der Waals surface area contributed by atoms with Gasteiger partial charge in [-0.1, -0.05) is 0 Å². The molecule has 1 unspecified atom stereocenters. The monoisotopic (exact) mass is 299 g/mol. The molecule has 2 N–H and O–H groups in total. The van der Waals surface area contributed by atoms with Crippen LogP contribution in [0.5, 0.6) is 0 Å². The van der Waals surface area contributed by atoms with Gasteiger partial charge in [0.05, 0.1) is 0 Å². The van der Waals surface area contributed by atoms with Gasteiger partial charge in [-0.3, -0.25) is 0 Å². The third-order valence-electron chi connectivity index (χ3n) is 3.35. The van der Waals surface area contributed by atoms with Crippen LogP contribution >= 0.6 is 0 Å². The second-order valence-electron chi connectivity index (χ2n) is 4.50. The van der Waals surface area contributed by atoms with Crippen LogP contribution in [0.2, 0.25) is 0 Å². The molecule has 0 aliphatic carbocycles. The molecule has 0 saturated heterocycles. The Morgan fingerprint density at radius 2 is 2.18 bits per heavy atom. The smallest absolute Gasteiger partial charge is 0.339 e. The highest BCUT2D eigenvalue weighted by molar-refractivity contribution is 6.00. The van der Waals surface area contributed by atoms with E-state index in [1.54, 1.807) is 43.1 Å². The highest BCUT2D eigenvalue weighted by Crippen LogP contribution is 2.34. The van der Waals surface area contributed by atoms with Gasteiger partial charge in [-0.05, 0) is 12.1 Å². The number of dihydropyridines is 1. The molecule has 0 bridgehead atoms. The van der Waals surface area contributed by atoms with Gasteiger partial charge in [0.2, 0.25) is 0 Å². The molecular weight excluding hydrogens is 286 g/mol. The lowest BCUT2D eigenvalue weighted by atomic mass is 9.95. The summed E-state index contributed by atoms with van der Waals surface area (Å²) >= 11 is 0. The van der Waals surface area contributed by atoms with Crippen molar-refractivity contribution in [1.29, 1.82) is 0 Å². The van der Waals surface area contributed by atoms with E-state index in [0.717, 1.165) is 0 Å². The Balaban J connectivity index is 2.27. The van der Waals surface area contributed by atoms with Gasteiger partial charge in [-0.2, -0.15) is 5.10 Å². The van der Waals surface area contributed by atoms with Crippen LogP contribution < -0.4 is 5.32 Å². The van der Waals surface area contributed by atoms with Crippen LogP contribution in [-0.2, 0) is 15.4 Å². The number of carboxylic acid groups (broad SMARTS) is 1. The SMILES string of the molecule is COC1(n2cccn2)NC=CC(c2cncnc2)=C1C(=O)O. The largest absolute Gasteiger partial charge is 0.478 e. The number of hydrogen-bond acceptors (Lipinski definition) is 6. The molecule has 2 aromatic rings. The number of nitrogens with one attached hydrogen (secondary N) is 1. The van der Waals surface area contributed by atoms with E-state index in [9.17, 15) is 9.90 Å². The minimum Gasteiger partial charge on any atom is -0.478 e. The molecular formula is C14H13N5O3. The number of hydrogen-bond donors (Lipinski definition) is 2. The lowest BCUT2D eigenvalue weighted by Crippen LogP contribution is -2.52. The van der Waals surface area contributed by atoms with Gasteiger partial charge in [0.1, 0.15) is 11.9 Å². The summed E-state index contributed by atoms with van der Waals surface area (Å²) < 4.78 is 6.91. The van der Waals surface area contributed by atoms with E-state index in [2.05, 4.69) is 20.4 Å². The maximum absolute atomic E-state index is 11.9. The molecule has 0 radical (unpaired) electrons. The third-order valence-corrected chi connectivity index (χ3v) is 3.35. The summed E-state index contributed by atoms with van der Waals surface area (Å²) in [6.07, 6.45) is 10.9. The number of ether oxygens (including phenoxy) is 1. The molecule has 1 aliphatic rings. The zero-order chi connectivity index (χ0) is 15.6. The van der Waals surface area contributed by atoms with Crippen LogP contribution in [-0.4, -0.2) is 37.9 Å². The van der Waals surface area contributed by atoms with Crippen molar-refractivity contribution < 1.29 is 14.6 Å². The van der Waals surface area contributed by atoms with Crippen molar-refractivity contribution in [3.8, 4) is 0 Å². The van der Waals surface area contributed by atoms with Gasteiger partial charge >= 0.3 is 5.97 Å². The van der Waals surface area contributed by atoms with Crippen LogP contribution in [0.25, 0.3) is 5.57 Å². The van der Waals surface area contributed by atoms with E-state index in [0.29, 0.717) is 11.1 Å². The number of methoxy groups -OCH3 is 1. The van der Waals surface area contributed by atoms with Gasteiger partial charge in [-0.15, -0.1) is 0 Å². The molecule has 0 aromatic carbocycles. The number of aromatic nitrogens is 4. The molecule has 2 aromatic heterocycles. The highest BCUT2D eigenvalue weighted by Gasteiger charge is 2.44. The predicted octanol–water partition coefficient (Wildman–Crippen LogP) is 0.585. The Morgan fingerprint density at radius 1 is 1.41 bits per heavy atom. The van der Waals surface area contributed by atoms with Crippen molar-refractivity contribution in [2.24, 2.45) is 0 Å². The van der Waals surface area contributed by atoms with Crippen molar-refractivity contribution in [1.82, 2.24) is 25.1 Å². The van der Waals surface area contributed by atoms with Crippen LogP contribution in [0.15, 0.2) is 55.0 Å². The topological polar surface area (TPSA) is 102 Å². The highest BCUT2D eigenvalue weighted by atomic mass is 16.5. The summed E-state index contributed by atoms with van der Waals surface area (Å²) in [6.45, 7) is 0. The van der Waals surface area contributed by atoms with E-state index in [1.165, 1.54) is 18.1 Å². The predicted molar refractivity (Wildman–Crippen MR) is 76.1 cm³/mol. The van der Waals surface area contributed by atoms with E-state index in [-0.39, 0.29) is 5.57 Å². The molecule has 0 spiro atoms. The number of rotatable bonds is 4. The van der Waals surface area contributed by atoms with Crippen LogP contribution in [0.3, 0.4) is 0 Å². The number of allylic oxidation sites excluding steroid dienone is 2. The molecule has 1 atom stereocenters. The first-order valence-electron chi connectivity index (χ1n) is 6.42. The quantitative estimate of drug-likeness (QED) is 0.851. The minimum absolute atomic E-state index is 0.00370. The zero-order valence-electron chi connectivity index (χ0n) is 11.7. The van der Waals surface area contributed by atoms with Gasteiger partial charge in [-0.25, -0.2) is 19.4 Å². The maximum Gasteiger partial charge on any atom is 0.339 e. The second kappa shape index (κ2) is 5.41. The summed E-state index contributed by atoms with van der Waals surface area (Å²) in [5, 5.41) is 16.8. The first kappa shape index (κ1) is 14.0. The van der Waals surface area contributed by atoms with E-state index < -0.39 is 11.8 Å². The Kier molecular flexibility index (Phi) is 3.43. The first-order valence-corrected chi connectivity index (χ1v) is 6.42. The minimum atomic E-state index is -1.45. The molecule has 0 saturated carbocycles. The fourth-order valence-corrected chi connectivity index (χ4v) is 2.41. The van der Waals surface area contributed by atoms with Crippen LogP contribution in [0, 0.1) is 0 Å². The lowest BCUT2D eigenvalue weighted by Gasteiger charge is -2.36. The van der Waals surface area contributed by atoms with Gasteiger partial charge in [0.25, 0.3) is 5.85 Å². The summed E-state index contributed by atoms with van der Waals surface area (Å²) in [5.74, 6) is -2.58. The van der Waals surface area contributed by atoms with Crippen LogP contribution in [0.1, 0.15) is 5.56 Å². The molecule has 22 heavy (non-hydrogen) atoms. The molecule has 1 aliphatic heterocycles. The van der Waals surface area contributed by atoms with Gasteiger partial charge < -0.3 is 15.2 Å². The standard InChI is InChI=1S/C14H13N5O3/c1-22-14(19-6-2-4-18-19)12(13(20)21)11(3-5-17-14)10-7-15-9-16-8-10/h2-9,17H,1H3,(H,20,21). The normalized spacial score (nSPS) is 20.8. The molecule has 3 heterocycles. The maximum atomic E-state index is 11.9. The molecule has 3 rings (SSSR count). The Morgan fingerprint density at radius 3 is 2.77 bits per heavy atom. The van der Waals surface area contributed by atoms with E-state index >= 15 is 0 Å². The molecule has 8 nitrogen and oxygen atoms in total. The number of carboxylic acids is 1. The second-order valence-corrected chi connectivity index (χ2v) is 4.50. The lowest BCUT2D eigenvalue weighted by molar-refractivity contribution is -0.141. The number of nitrogens with zero attached hydrogens (tertiary/aromatic N) is 4. The third kappa shape index (κ3) is 2.06. The zero-order valence-corrected chi connectivity index (χ0v) is 11.7. The van der Waals surface area contributed by atoms with Crippen molar-refractivity contribution in [2.75, 3.05) is 7.11 Å². The first-order chi connectivity index (χ1) is 10.7. The summed E-state index contributed by atoms with van der Waals surface area (Å²) in [5.41, 5.74) is 1.02. The van der Waals surface area contributed by atoms with Crippen molar-refractivity contribution in [3.63, 3.8) is 0 Å².